The number of amides is 3. The van der Waals surface area contributed by atoms with E-state index < -0.39 is 23.6 Å². The third-order valence-corrected chi connectivity index (χ3v) is 5.02. The molecule has 1 aromatic heterocycles. The fourth-order valence-corrected chi connectivity index (χ4v) is 3.66. The predicted molar refractivity (Wildman–Crippen MR) is 105 cm³/mol. The predicted octanol–water partition coefficient (Wildman–Crippen LogP) is 3.55. The first-order chi connectivity index (χ1) is 13.5. The second kappa shape index (κ2) is 7.45. The van der Waals surface area contributed by atoms with E-state index >= 15 is 0 Å². The molecule has 3 amide bonds. The molecule has 1 aliphatic rings. The number of hydrogen-bond donors (Lipinski definition) is 1. The van der Waals surface area contributed by atoms with Crippen LogP contribution in [0, 0.1) is 0 Å². The van der Waals surface area contributed by atoms with Crippen molar-refractivity contribution < 1.29 is 19.0 Å². The number of aromatic nitrogens is 2. The number of benzene rings is 2. The maximum absolute atomic E-state index is 12.5. The number of carbonyl (C=O) groups is 3. The van der Waals surface area contributed by atoms with Crippen molar-refractivity contribution >= 4 is 63.2 Å². The van der Waals surface area contributed by atoms with Crippen LogP contribution < -0.4 is 5.32 Å². The smallest absolute Gasteiger partial charge is 0.294 e. The lowest BCUT2D eigenvalue weighted by Gasteiger charge is -2.12. The molecule has 0 atom stereocenters. The molecule has 0 saturated carbocycles. The van der Waals surface area contributed by atoms with E-state index in [-0.39, 0.29) is 4.91 Å². The molecule has 0 radical (unpaired) electrons. The van der Waals surface area contributed by atoms with Gasteiger partial charge < -0.3 is 5.32 Å². The Balaban J connectivity index is 1.48. The van der Waals surface area contributed by atoms with Crippen LogP contribution in [0.5, 0.6) is 0 Å². The lowest BCUT2D eigenvalue weighted by molar-refractivity contribution is -0.127. The van der Waals surface area contributed by atoms with Crippen LogP contribution in [0.4, 0.5) is 10.5 Å². The number of thioether (sulfide) groups is 1. The van der Waals surface area contributed by atoms with Gasteiger partial charge >= 0.3 is 0 Å². The van der Waals surface area contributed by atoms with Gasteiger partial charge in [0.25, 0.3) is 11.1 Å². The average molecular weight is 415 g/mol. The third kappa shape index (κ3) is 3.62. The molecule has 1 fully saturated rings. The summed E-state index contributed by atoms with van der Waals surface area (Å²) in [6, 6.07) is 11.9. The summed E-state index contributed by atoms with van der Waals surface area (Å²) in [5.41, 5.74) is 1.93. The molecule has 4 rings (SSSR count). The summed E-state index contributed by atoms with van der Waals surface area (Å²) in [4.78, 5) is 38.2. The summed E-state index contributed by atoms with van der Waals surface area (Å²) < 4.78 is 4.64. The molecule has 3 aromatic rings. The minimum Gasteiger partial charge on any atom is -0.322 e. The average Bonchev–Trinajstić information content (AvgIpc) is 3.23. The summed E-state index contributed by atoms with van der Waals surface area (Å²) in [6.45, 7) is -0.417. The fraction of sp³-hybridized carbons (Fsp3) is 0.0556. The van der Waals surface area contributed by atoms with Crippen molar-refractivity contribution in [2.45, 2.75) is 0 Å². The molecular weight excluding hydrogens is 404 g/mol. The van der Waals surface area contributed by atoms with Gasteiger partial charge in [-0.3, -0.25) is 19.3 Å². The first-order valence-electron chi connectivity index (χ1n) is 8.03. The number of rotatable bonds is 4. The summed E-state index contributed by atoms with van der Waals surface area (Å²) in [5, 5.41) is 10.0. The molecule has 2 heterocycles. The number of anilines is 1. The zero-order chi connectivity index (χ0) is 19.7. The highest BCUT2D eigenvalue weighted by Crippen LogP contribution is 2.32. The van der Waals surface area contributed by atoms with Gasteiger partial charge in [-0.05, 0) is 58.0 Å². The van der Waals surface area contributed by atoms with Crippen molar-refractivity contribution in [1.29, 1.82) is 0 Å². The summed E-state index contributed by atoms with van der Waals surface area (Å²) in [6.07, 6.45) is 1.57. The molecule has 1 aliphatic heterocycles. The van der Waals surface area contributed by atoms with Gasteiger partial charge in [-0.25, -0.2) is 4.63 Å². The van der Waals surface area contributed by atoms with Crippen molar-refractivity contribution in [1.82, 2.24) is 15.2 Å². The highest BCUT2D eigenvalue weighted by atomic mass is 35.5. The van der Waals surface area contributed by atoms with E-state index in [9.17, 15) is 14.4 Å². The van der Waals surface area contributed by atoms with E-state index in [4.69, 9.17) is 11.6 Å². The largest absolute Gasteiger partial charge is 0.322 e. The summed E-state index contributed by atoms with van der Waals surface area (Å²) in [7, 11) is 0. The molecule has 28 heavy (non-hydrogen) atoms. The van der Waals surface area contributed by atoms with Crippen molar-refractivity contribution in [2.24, 2.45) is 0 Å². The van der Waals surface area contributed by atoms with E-state index in [1.165, 1.54) is 0 Å². The molecule has 0 spiro atoms. The number of fused-ring (bicyclic) bond motifs is 1. The van der Waals surface area contributed by atoms with Crippen LogP contribution in [-0.2, 0) is 9.59 Å². The second-order valence-corrected chi connectivity index (χ2v) is 7.24. The number of nitrogens with one attached hydrogen (secondary N) is 1. The van der Waals surface area contributed by atoms with Gasteiger partial charge in [0, 0.05) is 5.02 Å². The van der Waals surface area contributed by atoms with Gasteiger partial charge in [-0.2, -0.15) is 0 Å². The van der Waals surface area contributed by atoms with E-state index in [2.05, 4.69) is 20.3 Å². The van der Waals surface area contributed by atoms with Crippen molar-refractivity contribution in [3.63, 3.8) is 0 Å². The Morgan fingerprint density at radius 3 is 2.86 bits per heavy atom. The molecule has 0 aliphatic carbocycles. The van der Waals surface area contributed by atoms with Crippen LogP contribution in [0.2, 0.25) is 5.02 Å². The van der Waals surface area contributed by atoms with E-state index in [0.717, 1.165) is 16.7 Å². The van der Waals surface area contributed by atoms with Gasteiger partial charge in [0.1, 0.15) is 12.1 Å². The molecule has 2 aromatic carbocycles. The highest BCUT2D eigenvalue weighted by Gasteiger charge is 2.36. The SMILES string of the molecule is O=C(CN1C(=O)SC(=Cc2cccc(Cl)c2)C1=O)Nc1cccc2nonc12. The number of carbonyl (C=O) groups excluding carboxylic acids is 3. The summed E-state index contributed by atoms with van der Waals surface area (Å²) >= 11 is 6.71. The molecule has 1 saturated heterocycles. The number of nitrogens with zero attached hydrogens (tertiary/aromatic N) is 3. The quantitative estimate of drug-likeness (QED) is 0.650. The first kappa shape index (κ1) is 18.2. The normalized spacial score (nSPS) is 15.6. The van der Waals surface area contributed by atoms with Crippen LogP contribution >= 0.6 is 23.4 Å². The monoisotopic (exact) mass is 414 g/mol. The number of hydrogen-bond acceptors (Lipinski definition) is 7. The van der Waals surface area contributed by atoms with Crippen molar-refractivity contribution in [2.75, 3.05) is 11.9 Å². The lowest BCUT2D eigenvalue weighted by atomic mass is 10.2. The van der Waals surface area contributed by atoms with E-state index in [0.29, 0.717) is 27.3 Å². The van der Waals surface area contributed by atoms with Crippen molar-refractivity contribution in [3.8, 4) is 0 Å². The molecule has 8 nitrogen and oxygen atoms in total. The molecule has 140 valence electrons. The molecule has 10 heteroatoms. The minimum atomic E-state index is -0.540. The van der Waals surface area contributed by atoms with Crippen LogP contribution in [0.3, 0.4) is 0 Å². The molecular formula is C18H11ClN4O4S. The number of imide groups is 1. The maximum atomic E-state index is 12.5. The van der Waals surface area contributed by atoms with Gasteiger partial charge in [0.2, 0.25) is 5.91 Å². The standard InChI is InChI=1S/C18H11ClN4O4S/c19-11-4-1-3-10(7-11)8-14-17(25)23(18(26)28-14)9-15(24)20-12-5-2-6-13-16(12)22-27-21-13/h1-8H,9H2,(H,20,24). The maximum Gasteiger partial charge on any atom is 0.294 e. The third-order valence-electron chi connectivity index (χ3n) is 3.88. The van der Waals surface area contributed by atoms with Crippen LogP contribution in [0.25, 0.3) is 17.1 Å². The Morgan fingerprint density at radius 2 is 2.04 bits per heavy atom. The highest BCUT2D eigenvalue weighted by molar-refractivity contribution is 8.18. The van der Waals surface area contributed by atoms with Gasteiger partial charge in [0.15, 0.2) is 5.52 Å². The zero-order valence-corrected chi connectivity index (χ0v) is 15.7. The molecule has 0 bridgehead atoms. The van der Waals surface area contributed by atoms with Gasteiger partial charge in [-0.1, -0.05) is 29.8 Å². The fourth-order valence-electron chi connectivity index (χ4n) is 2.62. The second-order valence-electron chi connectivity index (χ2n) is 5.81. The first-order valence-corrected chi connectivity index (χ1v) is 9.23. The summed E-state index contributed by atoms with van der Waals surface area (Å²) in [5.74, 6) is -1.08. The molecule has 0 unspecified atom stereocenters. The van der Waals surface area contributed by atoms with Crippen LogP contribution in [0.1, 0.15) is 5.56 Å². The Labute approximate surface area is 167 Å². The Morgan fingerprint density at radius 1 is 1.21 bits per heavy atom. The number of halogens is 1. The Bertz CT molecular complexity index is 1140. The topological polar surface area (TPSA) is 105 Å². The van der Waals surface area contributed by atoms with Gasteiger partial charge in [0.05, 0.1) is 10.6 Å². The molecule has 1 N–H and O–H groups in total. The van der Waals surface area contributed by atoms with Crippen LogP contribution in [-0.4, -0.2) is 38.8 Å². The minimum absolute atomic E-state index is 0.225. The zero-order valence-electron chi connectivity index (χ0n) is 14.1. The Kier molecular flexibility index (Phi) is 4.84. The van der Waals surface area contributed by atoms with E-state index in [1.54, 1.807) is 48.5 Å². The van der Waals surface area contributed by atoms with E-state index in [1.807, 2.05) is 0 Å². The van der Waals surface area contributed by atoms with Crippen LogP contribution in [0.15, 0.2) is 52.0 Å². The van der Waals surface area contributed by atoms with Crippen molar-refractivity contribution in [3.05, 3.63) is 58.0 Å². The Hall–Kier alpha value is -3.17. The lowest BCUT2D eigenvalue weighted by Crippen LogP contribution is -2.36. The van der Waals surface area contributed by atoms with Gasteiger partial charge in [-0.15, -0.1) is 0 Å².